The van der Waals surface area contributed by atoms with Crippen LogP contribution in [0.5, 0.6) is 0 Å². The Balaban J connectivity index is 0.00000192. The second-order valence-corrected chi connectivity index (χ2v) is 7.92. The van der Waals surface area contributed by atoms with E-state index in [4.69, 9.17) is 17.3 Å². The van der Waals surface area contributed by atoms with Gasteiger partial charge in [0, 0.05) is 17.0 Å². The molecule has 0 amide bonds. The molecule has 7 heteroatoms. The van der Waals surface area contributed by atoms with Crippen LogP contribution >= 0.6 is 24.0 Å². The van der Waals surface area contributed by atoms with Crippen molar-refractivity contribution in [1.29, 1.82) is 0 Å². The molecule has 1 fully saturated rings. The maximum Gasteiger partial charge on any atom is 0.229 e. The van der Waals surface area contributed by atoms with Crippen LogP contribution in [0.3, 0.4) is 0 Å². The highest BCUT2D eigenvalue weighted by Gasteiger charge is 2.34. The van der Waals surface area contributed by atoms with Gasteiger partial charge < -0.3 is 5.73 Å². The molecule has 3 rings (SSSR count). The van der Waals surface area contributed by atoms with E-state index >= 15 is 0 Å². The number of nitrogens with one attached hydrogen (secondary N) is 1. The van der Waals surface area contributed by atoms with E-state index in [-0.39, 0.29) is 18.4 Å². The molecule has 2 aromatic rings. The Kier molecular flexibility index (Phi) is 5.26. The van der Waals surface area contributed by atoms with E-state index in [0.29, 0.717) is 16.6 Å². The summed E-state index contributed by atoms with van der Waals surface area (Å²) in [5.74, 6) is 0.468. The van der Waals surface area contributed by atoms with Crippen LogP contribution < -0.4 is 10.5 Å². The summed E-state index contributed by atoms with van der Waals surface area (Å²) >= 11 is 6.09. The number of benzene rings is 2. The quantitative estimate of drug-likeness (QED) is 0.860. The van der Waals surface area contributed by atoms with Crippen LogP contribution in [0.1, 0.15) is 17.9 Å². The minimum absolute atomic E-state index is 0. The Morgan fingerprint density at radius 3 is 2.26 bits per heavy atom. The SMILES string of the molecule is CS(=O)(=O)Nc1cc(Cl)cc(-c2ccc([C@@H]3C[C@H]3N)cc2)c1.Cl. The first-order chi connectivity index (χ1) is 10.3. The average molecular weight is 373 g/mol. The van der Waals surface area contributed by atoms with E-state index < -0.39 is 10.0 Å². The first-order valence-electron chi connectivity index (χ1n) is 6.96. The Morgan fingerprint density at radius 2 is 1.74 bits per heavy atom. The van der Waals surface area contributed by atoms with E-state index in [2.05, 4.69) is 16.9 Å². The molecule has 2 atom stereocenters. The third kappa shape index (κ3) is 4.61. The molecule has 0 aliphatic heterocycles. The molecule has 2 aromatic carbocycles. The summed E-state index contributed by atoms with van der Waals surface area (Å²) in [6.45, 7) is 0. The van der Waals surface area contributed by atoms with Crippen molar-refractivity contribution in [2.75, 3.05) is 11.0 Å². The lowest BCUT2D eigenvalue weighted by atomic mass is 10.0. The molecule has 124 valence electrons. The summed E-state index contributed by atoms with van der Waals surface area (Å²) in [6, 6.07) is 13.6. The van der Waals surface area contributed by atoms with Gasteiger partial charge in [-0.15, -0.1) is 12.4 Å². The number of rotatable bonds is 4. The molecule has 4 nitrogen and oxygen atoms in total. The van der Waals surface area contributed by atoms with Crippen LogP contribution in [-0.2, 0) is 10.0 Å². The van der Waals surface area contributed by atoms with Crippen molar-refractivity contribution in [2.45, 2.75) is 18.4 Å². The van der Waals surface area contributed by atoms with Crippen molar-refractivity contribution in [3.63, 3.8) is 0 Å². The van der Waals surface area contributed by atoms with E-state index in [1.807, 2.05) is 18.2 Å². The summed E-state index contributed by atoms with van der Waals surface area (Å²) < 4.78 is 25.2. The van der Waals surface area contributed by atoms with Crippen molar-refractivity contribution >= 4 is 39.7 Å². The first kappa shape index (κ1) is 18.1. The van der Waals surface area contributed by atoms with Crippen LogP contribution in [0.15, 0.2) is 42.5 Å². The standard InChI is InChI=1S/C16H17ClN2O2S.ClH/c1-22(20,21)19-14-7-12(6-13(17)8-14)10-2-4-11(5-3-10)15-9-16(15)18;/h2-8,15-16,19H,9,18H2,1H3;1H/t15-,16+;/m0./s1. The zero-order chi connectivity index (χ0) is 15.9. The topological polar surface area (TPSA) is 72.2 Å². The molecule has 23 heavy (non-hydrogen) atoms. The van der Waals surface area contributed by atoms with Crippen molar-refractivity contribution in [3.8, 4) is 11.1 Å². The number of hydrogen-bond donors (Lipinski definition) is 2. The predicted octanol–water partition coefficient (Wildman–Crippen LogP) is 3.61. The van der Waals surface area contributed by atoms with Gasteiger partial charge in [-0.05, 0) is 41.3 Å². The molecular formula is C16H18Cl2N2O2S. The highest BCUT2D eigenvalue weighted by Crippen LogP contribution is 2.39. The molecule has 0 aromatic heterocycles. The van der Waals surface area contributed by atoms with Gasteiger partial charge in [-0.2, -0.15) is 0 Å². The van der Waals surface area contributed by atoms with Crippen LogP contribution in [-0.4, -0.2) is 20.7 Å². The van der Waals surface area contributed by atoms with E-state index in [9.17, 15) is 8.42 Å². The highest BCUT2D eigenvalue weighted by molar-refractivity contribution is 7.92. The number of hydrogen-bond acceptors (Lipinski definition) is 3. The van der Waals surface area contributed by atoms with Gasteiger partial charge in [-0.3, -0.25) is 4.72 Å². The molecule has 0 radical (unpaired) electrons. The molecule has 0 unspecified atom stereocenters. The van der Waals surface area contributed by atoms with Gasteiger partial charge in [0.25, 0.3) is 0 Å². The Hall–Kier alpha value is -1.27. The number of sulfonamides is 1. The van der Waals surface area contributed by atoms with Crippen LogP contribution in [0.4, 0.5) is 5.69 Å². The molecule has 0 saturated heterocycles. The van der Waals surface area contributed by atoms with Crippen molar-refractivity contribution in [3.05, 3.63) is 53.1 Å². The van der Waals surface area contributed by atoms with Gasteiger partial charge in [0.1, 0.15) is 0 Å². The van der Waals surface area contributed by atoms with E-state index in [1.54, 1.807) is 12.1 Å². The molecule has 3 N–H and O–H groups in total. The molecule has 0 bridgehead atoms. The number of anilines is 1. The monoisotopic (exact) mass is 372 g/mol. The van der Waals surface area contributed by atoms with Crippen LogP contribution in [0, 0.1) is 0 Å². The smallest absolute Gasteiger partial charge is 0.229 e. The Bertz CT molecular complexity index is 807. The summed E-state index contributed by atoms with van der Waals surface area (Å²) in [7, 11) is -3.33. The number of halogens is 2. The van der Waals surface area contributed by atoms with Gasteiger partial charge in [0.15, 0.2) is 0 Å². The molecule has 1 aliphatic rings. The minimum Gasteiger partial charge on any atom is -0.327 e. The van der Waals surface area contributed by atoms with Gasteiger partial charge in [-0.25, -0.2) is 8.42 Å². The van der Waals surface area contributed by atoms with Gasteiger partial charge >= 0.3 is 0 Å². The van der Waals surface area contributed by atoms with Crippen molar-refractivity contribution in [2.24, 2.45) is 5.73 Å². The zero-order valence-electron chi connectivity index (χ0n) is 12.5. The predicted molar refractivity (Wildman–Crippen MR) is 97.9 cm³/mol. The summed E-state index contributed by atoms with van der Waals surface area (Å²) in [6.07, 6.45) is 2.15. The molecule has 0 heterocycles. The zero-order valence-corrected chi connectivity index (χ0v) is 14.9. The molecular weight excluding hydrogens is 355 g/mol. The van der Waals surface area contributed by atoms with E-state index in [1.165, 1.54) is 5.56 Å². The summed E-state index contributed by atoms with van der Waals surface area (Å²) in [5, 5.41) is 0.483. The van der Waals surface area contributed by atoms with Gasteiger partial charge in [0.2, 0.25) is 10.0 Å². The number of nitrogens with two attached hydrogens (primary N) is 1. The second-order valence-electron chi connectivity index (χ2n) is 5.73. The van der Waals surface area contributed by atoms with Gasteiger partial charge in [-0.1, -0.05) is 35.9 Å². The fourth-order valence-corrected chi connectivity index (χ4v) is 3.33. The fourth-order valence-electron chi connectivity index (χ4n) is 2.55. The summed E-state index contributed by atoms with van der Waals surface area (Å²) in [4.78, 5) is 0. The molecule has 1 aliphatic carbocycles. The average Bonchev–Trinajstić information content (AvgIpc) is 3.13. The van der Waals surface area contributed by atoms with Gasteiger partial charge in [0.05, 0.1) is 11.9 Å². The Labute approximate surface area is 147 Å². The van der Waals surface area contributed by atoms with Crippen LogP contribution in [0.2, 0.25) is 5.02 Å². The molecule has 1 saturated carbocycles. The van der Waals surface area contributed by atoms with E-state index in [0.717, 1.165) is 23.8 Å². The Morgan fingerprint density at radius 1 is 1.13 bits per heavy atom. The highest BCUT2D eigenvalue weighted by atomic mass is 35.5. The third-order valence-corrected chi connectivity index (χ3v) is 4.54. The largest absolute Gasteiger partial charge is 0.327 e. The minimum atomic E-state index is -3.33. The maximum absolute atomic E-state index is 11.4. The molecule has 0 spiro atoms. The first-order valence-corrected chi connectivity index (χ1v) is 9.23. The maximum atomic E-state index is 11.4. The lowest BCUT2D eigenvalue weighted by Gasteiger charge is -2.09. The lowest BCUT2D eigenvalue weighted by molar-refractivity contribution is 0.607. The van der Waals surface area contributed by atoms with Crippen LogP contribution in [0.25, 0.3) is 11.1 Å². The lowest BCUT2D eigenvalue weighted by Crippen LogP contribution is -2.09. The fraction of sp³-hybridized carbons (Fsp3) is 0.250. The normalized spacial score (nSPS) is 19.8. The third-order valence-electron chi connectivity index (χ3n) is 3.71. The second kappa shape index (κ2) is 6.69. The summed E-state index contributed by atoms with van der Waals surface area (Å²) in [5.41, 5.74) is 9.41. The van der Waals surface area contributed by atoms with Crippen molar-refractivity contribution in [1.82, 2.24) is 0 Å². The van der Waals surface area contributed by atoms with Crippen molar-refractivity contribution < 1.29 is 8.42 Å².